The van der Waals surface area contributed by atoms with Crippen LogP contribution < -0.4 is 0 Å². The van der Waals surface area contributed by atoms with Gasteiger partial charge in [-0.25, -0.2) is 4.79 Å². The Hall–Kier alpha value is -1.29. The fraction of sp³-hybridized carbons (Fsp3) is 0.500. The third-order valence-corrected chi connectivity index (χ3v) is 2.86. The summed E-state index contributed by atoms with van der Waals surface area (Å²) in [5.74, 6) is -0.199. The first kappa shape index (κ1) is 13.8. The second-order valence-electron chi connectivity index (χ2n) is 3.86. The van der Waals surface area contributed by atoms with Gasteiger partial charge in [0.25, 0.3) is 0 Å². The molecule has 0 aromatic carbocycles. The Kier molecular flexibility index (Phi) is 5.22. The lowest BCUT2D eigenvalue weighted by molar-refractivity contribution is -0.113. The predicted molar refractivity (Wildman–Crippen MR) is 66.1 cm³/mol. The van der Waals surface area contributed by atoms with Gasteiger partial charge in [0, 0.05) is 11.6 Å². The number of hydrogen-bond donors (Lipinski definition) is 0. The van der Waals surface area contributed by atoms with E-state index < -0.39 is 6.09 Å². The molecule has 1 rings (SSSR count). The van der Waals surface area contributed by atoms with Crippen LogP contribution >= 0.6 is 11.6 Å². The maximum absolute atomic E-state index is 11.7. The number of alkyl halides is 1. The van der Waals surface area contributed by atoms with Crippen molar-refractivity contribution in [3.8, 4) is 0 Å². The molecule has 0 aromatic heterocycles. The minimum Gasteiger partial charge on any atom is -0.445 e. The average molecular weight is 258 g/mol. The molecule has 0 N–H and O–H groups in total. The van der Waals surface area contributed by atoms with Crippen LogP contribution in [0.25, 0.3) is 0 Å². The summed E-state index contributed by atoms with van der Waals surface area (Å²) in [5, 5.41) is 0. The maximum atomic E-state index is 11.7. The normalized spacial score (nSPS) is 19.5. The third kappa shape index (κ3) is 3.60. The molecule has 1 heterocycles. The minimum atomic E-state index is -0.426. The highest BCUT2D eigenvalue weighted by Gasteiger charge is 2.27. The number of Topliss-reactive ketones (excluding diaryl/α,β-unsaturated/α-hetero) is 1. The fourth-order valence-electron chi connectivity index (χ4n) is 1.59. The van der Waals surface area contributed by atoms with Crippen LogP contribution in [0.4, 0.5) is 4.79 Å². The second kappa shape index (κ2) is 6.45. The zero-order valence-electron chi connectivity index (χ0n) is 9.82. The average Bonchev–Trinajstić information content (AvgIpc) is 2.35. The van der Waals surface area contributed by atoms with Gasteiger partial charge in [0.05, 0.1) is 12.4 Å². The number of nitrogens with zero attached hydrogens (tertiary/aromatic N) is 1. The Bertz CT molecular complexity index is 352. The highest BCUT2D eigenvalue weighted by atomic mass is 35.5. The van der Waals surface area contributed by atoms with Crippen molar-refractivity contribution in [3.05, 3.63) is 24.3 Å². The minimum absolute atomic E-state index is 0.0270. The van der Waals surface area contributed by atoms with Gasteiger partial charge in [0.15, 0.2) is 5.78 Å². The molecule has 0 fully saturated rings. The van der Waals surface area contributed by atoms with E-state index in [0.29, 0.717) is 12.0 Å². The number of carbonyl (C=O) groups excluding carboxylic acids is 2. The zero-order chi connectivity index (χ0) is 12.8. The van der Waals surface area contributed by atoms with Crippen LogP contribution in [0.3, 0.4) is 0 Å². The molecule has 0 bridgehead atoms. The number of halogens is 1. The molecule has 4 nitrogen and oxygen atoms in total. The van der Waals surface area contributed by atoms with Crippen molar-refractivity contribution >= 4 is 23.5 Å². The summed E-state index contributed by atoms with van der Waals surface area (Å²) >= 11 is 5.49. The molecule has 17 heavy (non-hydrogen) atoms. The second-order valence-corrected chi connectivity index (χ2v) is 4.13. The van der Waals surface area contributed by atoms with Crippen molar-refractivity contribution in [3.63, 3.8) is 0 Å². The largest absolute Gasteiger partial charge is 0.445 e. The zero-order valence-corrected chi connectivity index (χ0v) is 10.6. The van der Waals surface area contributed by atoms with E-state index in [1.54, 1.807) is 0 Å². The van der Waals surface area contributed by atoms with E-state index in [9.17, 15) is 9.59 Å². The maximum Gasteiger partial charge on any atom is 0.410 e. The number of rotatable bonds is 4. The summed E-state index contributed by atoms with van der Waals surface area (Å²) in [5.41, 5.74) is 0.577. The Morgan fingerprint density at radius 1 is 1.71 bits per heavy atom. The number of hydrogen-bond acceptors (Lipinski definition) is 3. The standard InChI is InChI=1S/C12H16ClNO3/c1-3-6-17-12(16)14-8-10(11(15)7-13)5-4-9(14)2/h3,5,9H,1,4,6-8H2,2H3/t9-/m0/s1. The van der Waals surface area contributed by atoms with Crippen molar-refractivity contribution in [1.82, 2.24) is 4.90 Å². The summed E-state index contributed by atoms with van der Waals surface area (Å²) in [6.07, 6.45) is 3.56. The molecule has 5 heteroatoms. The van der Waals surface area contributed by atoms with E-state index in [1.165, 1.54) is 11.0 Å². The van der Waals surface area contributed by atoms with Gasteiger partial charge in [-0.05, 0) is 13.3 Å². The molecule has 94 valence electrons. The molecule has 0 aromatic rings. The van der Waals surface area contributed by atoms with E-state index in [4.69, 9.17) is 16.3 Å². The first-order valence-corrected chi connectivity index (χ1v) is 5.96. The molecule has 0 radical (unpaired) electrons. The molecule has 1 atom stereocenters. The third-order valence-electron chi connectivity index (χ3n) is 2.62. The van der Waals surface area contributed by atoms with Crippen LogP contribution in [0.5, 0.6) is 0 Å². The number of ketones is 1. The van der Waals surface area contributed by atoms with Crippen LogP contribution in [-0.2, 0) is 9.53 Å². The molecule has 1 aliphatic rings. The topological polar surface area (TPSA) is 46.6 Å². The van der Waals surface area contributed by atoms with E-state index in [1.807, 2.05) is 13.0 Å². The van der Waals surface area contributed by atoms with Crippen LogP contribution in [0.2, 0.25) is 0 Å². The lowest BCUT2D eigenvalue weighted by atomic mass is 10.0. The van der Waals surface area contributed by atoms with Gasteiger partial charge in [-0.15, -0.1) is 11.6 Å². The van der Waals surface area contributed by atoms with Gasteiger partial charge in [-0.3, -0.25) is 4.79 Å². The monoisotopic (exact) mass is 257 g/mol. The predicted octanol–water partition coefficient (Wildman–Crippen LogP) is 2.14. The number of amides is 1. The van der Waals surface area contributed by atoms with E-state index in [2.05, 4.69) is 6.58 Å². The van der Waals surface area contributed by atoms with Gasteiger partial charge in [0.2, 0.25) is 0 Å². The van der Waals surface area contributed by atoms with Gasteiger partial charge in [-0.2, -0.15) is 0 Å². The Labute approximate surface area is 106 Å². The quantitative estimate of drug-likeness (QED) is 0.573. The fourth-order valence-corrected chi connectivity index (χ4v) is 1.76. The molecule has 1 aliphatic heterocycles. The lowest BCUT2D eigenvalue weighted by Crippen LogP contribution is -2.43. The summed E-state index contributed by atoms with van der Waals surface area (Å²) in [6.45, 7) is 5.82. The molecule has 0 unspecified atom stereocenters. The van der Waals surface area contributed by atoms with Gasteiger partial charge in [-0.1, -0.05) is 18.7 Å². The lowest BCUT2D eigenvalue weighted by Gasteiger charge is -2.31. The summed E-state index contributed by atoms with van der Waals surface area (Å²) in [4.78, 5) is 24.7. The van der Waals surface area contributed by atoms with Crippen LogP contribution in [0.1, 0.15) is 13.3 Å². The Morgan fingerprint density at radius 2 is 2.41 bits per heavy atom. The van der Waals surface area contributed by atoms with E-state index >= 15 is 0 Å². The van der Waals surface area contributed by atoms with Gasteiger partial charge < -0.3 is 9.64 Å². The summed E-state index contributed by atoms with van der Waals surface area (Å²) in [6, 6.07) is 0.0270. The molecular formula is C12H16ClNO3. The van der Waals surface area contributed by atoms with Crippen LogP contribution in [0, 0.1) is 0 Å². The van der Waals surface area contributed by atoms with E-state index in [0.717, 1.165) is 0 Å². The van der Waals surface area contributed by atoms with Gasteiger partial charge in [0.1, 0.15) is 6.61 Å². The number of ether oxygens (including phenoxy) is 1. The first-order valence-electron chi connectivity index (χ1n) is 5.42. The van der Waals surface area contributed by atoms with Crippen LogP contribution in [0.15, 0.2) is 24.3 Å². The van der Waals surface area contributed by atoms with Crippen molar-refractivity contribution in [2.24, 2.45) is 0 Å². The highest BCUT2D eigenvalue weighted by molar-refractivity contribution is 6.30. The Morgan fingerprint density at radius 3 is 3.00 bits per heavy atom. The van der Waals surface area contributed by atoms with Crippen LogP contribution in [-0.4, -0.2) is 41.8 Å². The van der Waals surface area contributed by atoms with Crippen molar-refractivity contribution in [1.29, 1.82) is 0 Å². The summed E-state index contributed by atoms with van der Waals surface area (Å²) in [7, 11) is 0. The molecular weight excluding hydrogens is 242 g/mol. The van der Waals surface area contributed by atoms with E-state index in [-0.39, 0.29) is 30.9 Å². The SMILES string of the molecule is C=CCOC(=O)N1CC(C(=O)CCl)=CC[C@@H]1C. The number of carbonyl (C=O) groups is 2. The van der Waals surface area contributed by atoms with Crippen molar-refractivity contribution < 1.29 is 14.3 Å². The Balaban J connectivity index is 2.67. The first-order chi connectivity index (χ1) is 8.10. The molecule has 1 amide bonds. The smallest absolute Gasteiger partial charge is 0.410 e. The molecule has 0 aliphatic carbocycles. The summed E-state index contributed by atoms with van der Waals surface area (Å²) < 4.78 is 4.96. The highest BCUT2D eigenvalue weighted by Crippen LogP contribution is 2.18. The molecule has 0 spiro atoms. The molecule has 0 saturated carbocycles. The molecule has 0 saturated heterocycles. The van der Waals surface area contributed by atoms with Gasteiger partial charge >= 0.3 is 6.09 Å². The van der Waals surface area contributed by atoms with Crippen molar-refractivity contribution in [2.75, 3.05) is 19.0 Å². The van der Waals surface area contributed by atoms with Crippen molar-refractivity contribution in [2.45, 2.75) is 19.4 Å².